The van der Waals surface area contributed by atoms with Gasteiger partial charge in [0, 0.05) is 25.1 Å². The van der Waals surface area contributed by atoms with E-state index in [9.17, 15) is 9.59 Å². The first-order chi connectivity index (χ1) is 12.4. The van der Waals surface area contributed by atoms with E-state index in [1.165, 1.54) is 0 Å². The van der Waals surface area contributed by atoms with Crippen LogP contribution >= 0.6 is 0 Å². The van der Waals surface area contributed by atoms with Crippen LogP contribution in [0.2, 0.25) is 0 Å². The number of aryl methyl sites for hydroxylation is 2. The first kappa shape index (κ1) is 18.1. The van der Waals surface area contributed by atoms with Crippen molar-refractivity contribution in [2.45, 2.75) is 39.5 Å². The second kappa shape index (κ2) is 7.68. The number of aromatic nitrogens is 3. The average Bonchev–Trinajstić information content (AvgIpc) is 2.98. The lowest BCUT2D eigenvalue weighted by atomic mass is 9.93. The van der Waals surface area contributed by atoms with Gasteiger partial charge in [-0.15, -0.1) is 0 Å². The molecule has 1 aromatic carbocycles. The summed E-state index contributed by atoms with van der Waals surface area (Å²) in [5.41, 5.74) is 1.51. The molecule has 2 heterocycles. The number of hydrogen-bond acceptors (Lipinski definition) is 4. The Balaban J connectivity index is 1.67. The molecular formula is C19H24N4O3. The number of carbonyl (C=O) groups is 2. The molecule has 0 aliphatic carbocycles. The molecule has 0 saturated carbocycles. The second-order valence-corrected chi connectivity index (χ2v) is 6.86. The summed E-state index contributed by atoms with van der Waals surface area (Å²) in [4.78, 5) is 29.7. The van der Waals surface area contributed by atoms with Gasteiger partial charge in [0.25, 0.3) is 5.91 Å². The molecular weight excluding hydrogens is 332 g/mol. The number of rotatable bonds is 5. The van der Waals surface area contributed by atoms with E-state index in [0.717, 1.165) is 30.9 Å². The molecule has 1 aromatic heterocycles. The molecule has 0 radical (unpaired) electrons. The van der Waals surface area contributed by atoms with Crippen molar-refractivity contribution >= 4 is 11.9 Å². The lowest BCUT2D eigenvalue weighted by Crippen LogP contribution is -2.40. The molecule has 1 aliphatic rings. The largest absolute Gasteiger partial charge is 0.481 e. The zero-order valence-electron chi connectivity index (χ0n) is 15.2. The molecule has 1 saturated heterocycles. The Labute approximate surface area is 152 Å². The van der Waals surface area contributed by atoms with Crippen molar-refractivity contribution in [1.82, 2.24) is 19.7 Å². The number of nitrogens with zero attached hydrogens (tertiary/aromatic N) is 4. The van der Waals surface area contributed by atoms with E-state index in [1.54, 1.807) is 4.68 Å². The highest BCUT2D eigenvalue weighted by atomic mass is 16.4. The third-order valence-corrected chi connectivity index (χ3v) is 4.81. The maximum Gasteiger partial charge on any atom is 0.303 e. The zero-order chi connectivity index (χ0) is 18.7. The number of carbonyl (C=O) groups excluding carboxylic acids is 1. The summed E-state index contributed by atoms with van der Waals surface area (Å²) in [6, 6.07) is 7.38. The molecule has 7 heteroatoms. The van der Waals surface area contributed by atoms with Crippen molar-refractivity contribution in [2.75, 3.05) is 13.1 Å². The summed E-state index contributed by atoms with van der Waals surface area (Å²) >= 11 is 0. The number of benzene rings is 1. The number of carboxylic acids is 1. The molecule has 1 aliphatic heterocycles. The number of aliphatic carboxylic acids is 1. The summed E-state index contributed by atoms with van der Waals surface area (Å²) in [7, 11) is 0. The Hall–Kier alpha value is -2.70. The molecule has 3 rings (SSSR count). The number of amides is 1. The summed E-state index contributed by atoms with van der Waals surface area (Å²) in [5.74, 6) is 1.01. The van der Waals surface area contributed by atoms with Gasteiger partial charge in [0.1, 0.15) is 11.6 Å². The summed E-state index contributed by atoms with van der Waals surface area (Å²) in [5, 5.41) is 13.2. The van der Waals surface area contributed by atoms with Gasteiger partial charge in [0.15, 0.2) is 0 Å². The first-order valence-electron chi connectivity index (χ1n) is 8.96. The van der Waals surface area contributed by atoms with Crippen LogP contribution in [0.15, 0.2) is 24.3 Å². The molecule has 0 bridgehead atoms. The molecule has 138 valence electrons. The number of piperidine rings is 1. The topological polar surface area (TPSA) is 88.3 Å². The monoisotopic (exact) mass is 356 g/mol. The smallest absolute Gasteiger partial charge is 0.303 e. The Morgan fingerprint density at radius 3 is 2.58 bits per heavy atom. The van der Waals surface area contributed by atoms with E-state index in [4.69, 9.17) is 5.11 Å². The van der Waals surface area contributed by atoms with Crippen LogP contribution in [-0.2, 0) is 4.79 Å². The van der Waals surface area contributed by atoms with E-state index >= 15 is 0 Å². The van der Waals surface area contributed by atoms with Crippen LogP contribution in [0.4, 0.5) is 0 Å². The van der Waals surface area contributed by atoms with Crippen LogP contribution in [-0.4, -0.2) is 49.7 Å². The van der Waals surface area contributed by atoms with Gasteiger partial charge in [-0.2, -0.15) is 5.10 Å². The standard InChI is InChI=1S/C19H24N4O3/c1-13-20-14(2)23(21-13)17-8-6-16(7-9-17)19(26)22-11-3-4-15(12-22)5-10-18(24)25/h6-9,15H,3-5,10-12H2,1-2H3,(H,24,25). The van der Waals surface area contributed by atoms with Crippen LogP contribution in [0.5, 0.6) is 0 Å². The van der Waals surface area contributed by atoms with E-state index in [1.807, 2.05) is 43.0 Å². The molecule has 2 aromatic rings. The highest BCUT2D eigenvalue weighted by molar-refractivity contribution is 5.94. The summed E-state index contributed by atoms with van der Waals surface area (Å²) in [6.45, 7) is 5.10. The van der Waals surface area contributed by atoms with Gasteiger partial charge in [-0.05, 0) is 63.3 Å². The summed E-state index contributed by atoms with van der Waals surface area (Å²) < 4.78 is 1.76. The average molecular weight is 356 g/mol. The van der Waals surface area contributed by atoms with Crippen molar-refractivity contribution in [3.05, 3.63) is 41.5 Å². The predicted molar refractivity (Wildman–Crippen MR) is 96.3 cm³/mol. The number of carboxylic acid groups (broad SMARTS) is 1. The fourth-order valence-electron chi connectivity index (χ4n) is 3.51. The predicted octanol–water partition coefficient (Wildman–Crippen LogP) is 2.60. The molecule has 1 N–H and O–H groups in total. The Morgan fingerprint density at radius 1 is 1.23 bits per heavy atom. The fraction of sp³-hybridized carbons (Fsp3) is 0.474. The van der Waals surface area contributed by atoms with Gasteiger partial charge in [-0.3, -0.25) is 9.59 Å². The van der Waals surface area contributed by atoms with Crippen LogP contribution in [0, 0.1) is 19.8 Å². The van der Waals surface area contributed by atoms with Gasteiger partial charge in [-0.1, -0.05) is 0 Å². The maximum atomic E-state index is 12.8. The SMILES string of the molecule is Cc1nc(C)n(-c2ccc(C(=O)N3CCCC(CCC(=O)O)C3)cc2)n1. The molecule has 1 unspecified atom stereocenters. The van der Waals surface area contributed by atoms with Crippen molar-refractivity contribution in [1.29, 1.82) is 0 Å². The lowest BCUT2D eigenvalue weighted by Gasteiger charge is -2.32. The summed E-state index contributed by atoms with van der Waals surface area (Å²) in [6.07, 6.45) is 2.70. The van der Waals surface area contributed by atoms with Gasteiger partial charge in [-0.25, -0.2) is 9.67 Å². The quantitative estimate of drug-likeness (QED) is 0.889. The van der Waals surface area contributed by atoms with Gasteiger partial charge in [0.2, 0.25) is 0 Å². The second-order valence-electron chi connectivity index (χ2n) is 6.86. The van der Waals surface area contributed by atoms with Crippen LogP contribution in [0.25, 0.3) is 5.69 Å². The van der Waals surface area contributed by atoms with Gasteiger partial charge in [0.05, 0.1) is 5.69 Å². The molecule has 0 spiro atoms. The number of hydrogen-bond donors (Lipinski definition) is 1. The molecule has 1 fully saturated rings. The normalized spacial score (nSPS) is 17.3. The Morgan fingerprint density at radius 2 is 1.96 bits per heavy atom. The minimum Gasteiger partial charge on any atom is -0.481 e. The van der Waals surface area contributed by atoms with Crippen molar-refractivity contribution in [3.63, 3.8) is 0 Å². The van der Waals surface area contributed by atoms with E-state index in [0.29, 0.717) is 24.4 Å². The van der Waals surface area contributed by atoms with Crippen molar-refractivity contribution in [3.8, 4) is 5.69 Å². The van der Waals surface area contributed by atoms with Gasteiger partial charge >= 0.3 is 5.97 Å². The molecule has 1 atom stereocenters. The van der Waals surface area contributed by atoms with Crippen LogP contribution < -0.4 is 0 Å². The van der Waals surface area contributed by atoms with Gasteiger partial charge < -0.3 is 10.0 Å². The fourth-order valence-corrected chi connectivity index (χ4v) is 3.51. The maximum absolute atomic E-state index is 12.8. The number of likely N-dealkylation sites (tertiary alicyclic amines) is 1. The lowest BCUT2D eigenvalue weighted by molar-refractivity contribution is -0.137. The van der Waals surface area contributed by atoms with Crippen molar-refractivity contribution < 1.29 is 14.7 Å². The minimum atomic E-state index is -0.775. The van der Waals surface area contributed by atoms with E-state index in [2.05, 4.69) is 10.1 Å². The van der Waals surface area contributed by atoms with Crippen molar-refractivity contribution in [2.24, 2.45) is 5.92 Å². The highest BCUT2D eigenvalue weighted by Crippen LogP contribution is 2.23. The third-order valence-electron chi connectivity index (χ3n) is 4.81. The minimum absolute atomic E-state index is 0.00284. The van der Waals surface area contributed by atoms with E-state index < -0.39 is 5.97 Å². The zero-order valence-corrected chi connectivity index (χ0v) is 15.2. The molecule has 1 amide bonds. The highest BCUT2D eigenvalue weighted by Gasteiger charge is 2.24. The van der Waals surface area contributed by atoms with E-state index in [-0.39, 0.29) is 18.2 Å². The Bertz CT molecular complexity index is 798. The van der Waals surface area contributed by atoms with Crippen LogP contribution in [0.3, 0.4) is 0 Å². The Kier molecular flexibility index (Phi) is 5.35. The third kappa shape index (κ3) is 4.09. The van der Waals surface area contributed by atoms with Crippen LogP contribution in [0.1, 0.15) is 47.7 Å². The molecule has 7 nitrogen and oxygen atoms in total. The molecule has 26 heavy (non-hydrogen) atoms. The first-order valence-corrected chi connectivity index (χ1v) is 8.96.